The van der Waals surface area contributed by atoms with E-state index in [0.717, 1.165) is 66.4 Å². The molecule has 4 aromatic rings. The Morgan fingerprint density at radius 3 is 2.40 bits per heavy atom. The Labute approximate surface area is 248 Å². The lowest BCUT2D eigenvalue weighted by molar-refractivity contribution is 0.0863. The maximum absolute atomic E-state index is 12.9. The number of hydrogen-bond acceptors (Lipinski definition) is 5. The molecule has 8 heteroatoms. The standard InChI is InChI=1S/C34H40N6O2/c1-34(2,3)38(4)27-14-16-28(17-15-27)40(33(41)42)32-22-24(12-18-29(32)26-10-6-5-7-11-26)9-8-20-39-31-19-13-25(23-35)21-30(31)36-37-39/h5-7,10-13,18-19,21-22,27-28H,8-9,14-17,20H2,1-4H3,(H,41,42)/t27-,28-. The van der Waals surface area contributed by atoms with E-state index in [4.69, 9.17) is 5.26 Å². The fraction of sp³-hybridized carbons (Fsp3) is 0.412. The lowest BCUT2D eigenvalue weighted by Gasteiger charge is -2.44. The van der Waals surface area contributed by atoms with E-state index in [0.29, 0.717) is 23.7 Å². The number of hydrogen-bond donors (Lipinski definition) is 1. The predicted molar refractivity (Wildman–Crippen MR) is 167 cm³/mol. The molecule has 5 rings (SSSR count). The van der Waals surface area contributed by atoms with Crippen molar-refractivity contribution in [3.63, 3.8) is 0 Å². The fourth-order valence-corrected chi connectivity index (χ4v) is 6.14. The number of aryl methyl sites for hydroxylation is 2. The van der Waals surface area contributed by atoms with Crippen molar-refractivity contribution in [3.8, 4) is 17.2 Å². The lowest BCUT2D eigenvalue weighted by atomic mass is 9.86. The highest BCUT2D eigenvalue weighted by molar-refractivity contribution is 5.93. The minimum absolute atomic E-state index is 0.0651. The maximum Gasteiger partial charge on any atom is 0.412 e. The summed E-state index contributed by atoms with van der Waals surface area (Å²) in [5, 5.41) is 28.2. The van der Waals surface area contributed by atoms with E-state index in [2.05, 4.69) is 67.3 Å². The van der Waals surface area contributed by atoms with Crippen LogP contribution in [0.4, 0.5) is 10.5 Å². The van der Waals surface area contributed by atoms with Crippen molar-refractivity contribution in [1.29, 1.82) is 5.26 Å². The van der Waals surface area contributed by atoms with E-state index in [1.54, 1.807) is 17.0 Å². The summed E-state index contributed by atoms with van der Waals surface area (Å²) >= 11 is 0. The van der Waals surface area contributed by atoms with E-state index >= 15 is 0 Å². The Morgan fingerprint density at radius 2 is 1.74 bits per heavy atom. The third-order valence-electron chi connectivity index (χ3n) is 8.73. The van der Waals surface area contributed by atoms with Gasteiger partial charge in [0.15, 0.2) is 0 Å². The fourth-order valence-electron chi connectivity index (χ4n) is 6.14. The van der Waals surface area contributed by atoms with Crippen molar-refractivity contribution >= 4 is 22.8 Å². The topological polar surface area (TPSA) is 98.3 Å². The molecular formula is C34H40N6O2. The molecule has 0 unspecified atom stereocenters. The van der Waals surface area contributed by atoms with Crippen LogP contribution in [0.2, 0.25) is 0 Å². The van der Waals surface area contributed by atoms with Gasteiger partial charge >= 0.3 is 6.09 Å². The van der Waals surface area contributed by atoms with Gasteiger partial charge in [0.25, 0.3) is 0 Å². The molecule has 8 nitrogen and oxygen atoms in total. The molecule has 0 aliphatic heterocycles. The van der Waals surface area contributed by atoms with E-state index in [-0.39, 0.29) is 11.6 Å². The zero-order valence-electron chi connectivity index (χ0n) is 25.0. The highest BCUT2D eigenvalue weighted by Crippen LogP contribution is 2.37. The van der Waals surface area contributed by atoms with Crippen LogP contribution in [0.25, 0.3) is 22.2 Å². The lowest BCUT2D eigenvalue weighted by Crippen LogP contribution is -2.50. The van der Waals surface area contributed by atoms with E-state index < -0.39 is 6.09 Å². The van der Waals surface area contributed by atoms with Gasteiger partial charge in [-0.1, -0.05) is 47.7 Å². The summed E-state index contributed by atoms with van der Waals surface area (Å²) < 4.78 is 1.87. The Morgan fingerprint density at radius 1 is 1.02 bits per heavy atom. The highest BCUT2D eigenvalue weighted by Gasteiger charge is 2.34. The molecule has 1 aliphatic rings. The van der Waals surface area contributed by atoms with Crippen LogP contribution in [0.15, 0.2) is 66.7 Å². The van der Waals surface area contributed by atoms with Gasteiger partial charge < -0.3 is 5.11 Å². The molecule has 3 aromatic carbocycles. The van der Waals surface area contributed by atoms with Gasteiger partial charge in [0.1, 0.15) is 5.52 Å². The zero-order valence-corrected chi connectivity index (χ0v) is 25.0. The van der Waals surface area contributed by atoms with Crippen LogP contribution < -0.4 is 4.90 Å². The van der Waals surface area contributed by atoms with Crippen molar-refractivity contribution < 1.29 is 9.90 Å². The number of fused-ring (bicyclic) bond motifs is 1. The molecular weight excluding hydrogens is 524 g/mol. The first kappa shape index (κ1) is 29.3. The van der Waals surface area contributed by atoms with Gasteiger partial charge in [-0.3, -0.25) is 9.80 Å². The summed E-state index contributed by atoms with van der Waals surface area (Å²) in [5.74, 6) is 0. The van der Waals surface area contributed by atoms with Gasteiger partial charge in [0.2, 0.25) is 0 Å². The first-order valence-corrected chi connectivity index (χ1v) is 14.8. The molecule has 1 heterocycles. The summed E-state index contributed by atoms with van der Waals surface area (Å²) in [7, 11) is 2.18. The summed E-state index contributed by atoms with van der Waals surface area (Å²) in [5.41, 5.74) is 6.06. The number of carboxylic acid groups (broad SMARTS) is 1. The Bertz CT molecular complexity index is 1580. The minimum Gasteiger partial charge on any atom is -0.465 e. The number of carbonyl (C=O) groups is 1. The molecule has 0 spiro atoms. The molecule has 1 saturated carbocycles. The summed E-state index contributed by atoms with van der Waals surface area (Å²) in [6.45, 7) is 7.37. The quantitative estimate of drug-likeness (QED) is 0.244. The van der Waals surface area contributed by atoms with Crippen LogP contribution in [0, 0.1) is 11.3 Å². The molecule has 1 N–H and O–H groups in total. The first-order chi connectivity index (χ1) is 20.2. The molecule has 0 atom stereocenters. The number of aromatic nitrogens is 3. The van der Waals surface area contributed by atoms with Crippen molar-refractivity contribution in [3.05, 3.63) is 77.9 Å². The van der Waals surface area contributed by atoms with E-state index in [1.807, 2.05) is 41.1 Å². The Balaban J connectivity index is 1.38. The Hall–Kier alpha value is -4.22. The van der Waals surface area contributed by atoms with Crippen molar-refractivity contribution in [2.24, 2.45) is 0 Å². The van der Waals surface area contributed by atoms with Crippen LogP contribution in [0.3, 0.4) is 0 Å². The average Bonchev–Trinajstić information content (AvgIpc) is 3.39. The average molecular weight is 565 g/mol. The third-order valence-corrected chi connectivity index (χ3v) is 8.73. The molecule has 1 aliphatic carbocycles. The van der Waals surface area contributed by atoms with Crippen LogP contribution in [-0.4, -0.2) is 55.8 Å². The zero-order chi connectivity index (χ0) is 29.9. The number of nitrogens with zero attached hydrogens (tertiary/aromatic N) is 6. The van der Waals surface area contributed by atoms with Gasteiger partial charge in [-0.25, -0.2) is 9.48 Å². The summed E-state index contributed by atoms with van der Waals surface area (Å²) in [6.07, 6.45) is 4.32. The van der Waals surface area contributed by atoms with Gasteiger partial charge in [0, 0.05) is 29.7 Å². The molecule has 0 radical (unpaired) electrons. The smallest absolute Gasteiger partial charge is 0.412 e. The number of nitriles is 1. The molecule has 0 bridgehead atoms. The number of amides is 1. The van der Waals surface area contributed by atoms with Crippen molar-refractivity contribution in [2.45, 2.75) is 83.5 Å². The number of benzene rings is 3. The van der Waals surface area contributed by atoms with Crippen molar-refractivity contribution in [2.75, 3.05) is 11.9 Å². The highest BCUT2D eigenvalue weighted by atomic mass is 16.4. The number of anilines is 1. The van der Waals surface area contributed by atoms with Gasteiger partial charge in [-0.2, -0.15) is 5.26 Å². The normalized spacial score (nSPS) is 17.3. The van der Waals surface area contributed by atoms with Gasteiger partial charge in [-0.05, 0) is 102 Å². The Kier molecular flexibility index (Phi) is 8.60. The van der Waals surface area contributed by atoms with Crippen LogP contribution in [0.1, 0.15) is 64.0 Å². The van der Waals surface area contributed by atoms with Gasteiger partial charge in [-0.15, -0.1) is 5.10 Å². The van der Waals surface area contributed by atoms with Crippen LogP contribution in [-0.2, 0) is 13.0 Å². The predicted octanol–water partition coefficient (Wildman–Crippen LogP) is 7.13. The second-order valence-corrected chi connectivity index (χ2v) is 12.3. The molecule has 1 aromatic heterocycles. The molecule has 1 amide bonds. The first-order valence-electron chi connectivity index (χ1n) is 14.8. The second kappa shape index (κ2) is 12.3. The monoisotopic (exact) mass is 564 g/mol. The largest absolute Gasteiger partial charge is 0.465 e. The van der Waals surface area contributed by atoms with E-state index in [1.165, 1.54) is 0 Å². The molecule has 1 fully saturated rings. The van der Waals surface area contributed by atoms with Crippen LogP contribution >= 0.6 is 0 Å². The van der Waals surface area contributed by atoms with Crippen LogP contribution in [0.5, 0.6) is 0 Å². The molecule has 218 valence electrons. The molecule has 42 heavy (non-hydrogen) atoms. The summed E-state index contributed by atoms with van der Waals surface area (Å²) in [4.78, 5) is 17.0. The second-order valence-electron chi connectivity index (χ2n) is 12.3. The minimum atomic E-state index is -0.900. The number of rotatable bonds is 8. The van der Waals surface area contributed by atoms with E-state index in [9.17, 15) is 9.90 Å². The van der Waals surface area contributed by atoms with Crippen molar-refractivity contribution in [1.82, 2.24) is 19.9 Å². The maximum atomic E-state index is 12.9. The third kappa shape index (κ3) is 6.32. The summed E-state index contributed by atoms with van der Waals surface area (Å²) in [6, 6.07) is 24.3. The SMILES string of the molecule is CN([C@H]1CC[C@H](N(C(=O)O)c2cc(CCCn3nnc4cc(C#N)ccc43)ccc2-c2ccccc2)CC1)C(C)(C)C. The van der Waals surface area contributed by atoms with Gasteiger partial charge in [0.05, 0.1) is 22.8 Å². The molecule has 0 saturated heterocycles.